The smallest absolute Gasteiger partial charge is 0.227 e. The predicted octanol–water partition coefficient (Wildman–Crippen LogP) is 2.90. The largest absolute Gasteiger partial charge is 0.330 e. The van der Waals surface area contributed by atoms with Crippen LogP contribution in [0.15, 0.2) is 22.7 Å². The molecular weight excluding hydrogens is 299 g/mol. The van der Waals surface area contributed by atoms with Gasteiger partial charge in [0.05, 0.1) is 5.69 Å². The maximum atomic E-state index is 12.9. The molecule has 2 unspecified atom stereocenters. The third kappa shape index (κ3) is 2.90. The summed E-state index contributed by atoms with van der Waals surface area (Å²) < 4.78 is 13.5. The number of rotatable bonds is 3. The van der Waals surface area contributed by atoms with Crippen molar-refractivity contribution >= 4 is 27.5 Å². The highest BCUT2D eigenvalue weighted by molar-refractivity contribution is 9.10. The molecule has 2 atom stereocenters. The number of carbonyl (C=O) groups excluding carboxylic acids is 1. The van der Waals surface area contributed by atoms with Gasteiger partial charge >= 0.3 is 0 Å². The summed E-state index contributed by atoms with van der Waals surface area (Å²) in [7, 11) is 0. The highest BCUT2D eigenvalue weighted by Crippen LogP contribution is 2.32. The Morgan fingerprint density at radius 3 is 2.94 bits per heavy atom. The molecule has 1 aromatic carbocycles. The predicted molar refractivity (Wildman–Crippen MR) is 72.6 cm³/mol. The molecule has 0 heterocycles. The fraction of sp³-hybridized carbons (Fsp3) is 0.462. The van der Waals surface area contributed by atoms with Crippen LogP contribution in [0.1, 0.15) is 19.3 Å². The van der Waals surface area contributed by atoms with Gasteiger partial charge in [-0.2, -0.15) is 0 Å². The van der Waals surface area contributed by atoms with Gasteiger partial charge in [0.2, 0.25) is 5.91 Å². The molecular formula is C13H16BrFN2O. The van der Waals surface area contributed by atoms with E-state index in [9.17, 15) is 9.18 Å². The van der Waals surface area contributed by atoms with E-state index in [4.69, 9.17) is 5.73 Å². The van der Waals surface area contributed by atoms with Gasteiger partial charge in [0.15, 0.2) is 0 Å². The van der Waals surface area contributed by atoms with Crippen LogP contribution >= 0.6 is 15.9 Å². The Balaban J connectivity index is 2.07. The number of hydrogen-bond donors (Lipinski definition) is 2. The fourth-order valence-electron chi connectivity index (χ4n) is 2.48. The lowest BCUT2D eigenvalue weighted by molar-refractivity contribution is -0.120. The number of carbonyl (C=O) groups is 1. The van der Waals surface area contributed by atoms with Gasteiger partial charge in [0, 0.05) is 10.4 Å². The first-order chi connectivity index (χ1) is 8.61. The Bertz CT molecular complexity index is 453. The van der Waals surface area contributed by atoms with Gasteiger partial charge in [-0.05, 0) is 59.4 Å². The van der Waals surface area contributed by atoms with Gasteiger partial charge in [-0.25, -0.2) is 4.39 Å². The molecule has 0 saturated heterocycles. The zero-order chi connectivity index (χ0) is 13.1. The minimum atomic E-state index is -0.333. The molecule has 0 aromatic heterocycles. The molecule has 98 valence electrons. The Labute approximate surface area is 114 Å². The summed E-state index contributed by atoms with van der Waals surface area (Å²) in [6.45, 7) is 0.544. The molecule has 1 aliphatic carbocycles. The molecule has 5 heteroatoms. The Morgan fingerprint density at radius 2 is 2.28 bits per heavy atom. The van der Waals surface area contributed by atoms with Crippen molar-refractivity contribution in [2.45, 2.75) is 19.3 Å². The van der Waals surface area contributed by atoms with E-state index in [0.717, 1.165) is 19.3 Å². The van der Waals surface area contributed by atoms with E-state index >= 15 is 0 Å². The minimum Gasteiger partial charge on any atom is -0.330 e. The molecule has 0 radical (unpaired) electrons. The van der Waals surface area contributed by atoms with Crippen molar-refractivity contribution in [3.63, 3.8) is 0 Å². The first-order valence-electron chi connectivity index (χ1n) is 6.08. The molecule has 0 spiro atoms. The van der Waals surface area contributed by atoms with Crippen LogP contribution in [0.2, 0.25) is 0 Å². The van der Waals surface area contributed by atoms with Crippen molar-refractivity contribution in [3.8, 4) is 0 Å². The molecule has 3 N–H and O–H groups in total. The van der Waals surface area contributed by atoms with Crippen LogP contribution in [0.25, 0.3) is 0 Å². The second kappa shape index (κ2) is 5.80. The molecule has 2 rings (SSSR count). The summed E-state index contributed by atoms with van der Waals surface area (Å²) in [5, 5.41) is 2.84. The van der Waals surface area contributed by atoms with Crippen molar-refractivity contribution in [1.82, 2.24) is 0 Å². The quantitative estimate of drug-likeness (QED) is 0.901. The lowest BCUT2D eigenvalue weighted by atomic mass is 9.95. The van der Waals surface area contributed by atoms with Crippen LogP contribution in [-0.2, 0) is 4.79 Å². The lowest BCUT2D eigenvalue weighted by Crippen LogP contribution is -2.29. The van der Waals surface area contributed by atoms with Crippen LogP contribution in [0, 0.1) is 17.7 Å². The van der Waals surface area contributed by atoms with Crippen LogP contribution in [0.5, 0.6) is 0 Å². The second-order valence-corrected chi connectivity index (χ2v) is 5.50. The normalized spacial score (nSPS) is 23.1. The first kappa shape index (κ1) is 13.5. The van der Waals surface area contributed by atoms with Gasteiger partial charge < -0.3 is 11.1 Å². The Morgan fingerprint density at radius 1 is 1.50 bits per heavy atom. The zero-order valence-corrected chi connectivity index (χ0v) is 11.5. The van der Waals surface area contributed by atoms with Crippen LogP contribution in [0.4, 0.5) is 10.1 Å². The second-order valence-electron chi connectivity index (χ2n) is 4.65. The van der Waals surface area contributed by atoms with E-state index in [1.165, 1.54) is 12.1 Å². The zero-order valence-electron chi connectivity index (χ0n) is 9.96. The van der Waals surface area contributed by atoms with Crippen molar-refractivity contribution < 1.29 is 9.18 Å². The Hall–Kier alpha value is -0.940. The maximum Gasteiger partial charge on any atom is 0.227 e. The van der Waals surface area contributed by atoms with E-state index < -0.39 is 0 Å². The molecule has 1 saturated carbocycles. The molecule has 1 aromatic rings. The monoisotopic (exact) mass is 314 g/mol. The number of nitrogens with two attached hydrogens (primary N) is 1. The maximum absolute atomic E-state index is 12.9. The minimum absolute atomic E-state index is 0.0183. The van der Waals surface area contributed by atoms with Gasteiger partial charge in [-0.3, -0.25) is 4.79 Å². The number of halogens is 2. The number of nitrogens with one attached hydrogen (secondary N) is 1. The third-order valence-electron chi connectivity index (χ3n) is 3.49. The van der Waals surface area contributed by atoms with E-state index in [1.54, 1.807) is 6.07 Å². The SMILES string of the molecule is NCC1CCCC1C(=O)Nc1ccc(F)cc1Br. The highest BCUT2D eigenvalue weighted by atomic mass is 79.9. The molecule has 1 aliphatic rings. The van der Waals surface area contributed by atoms with Crippen molar-refractivity contribution in [1.29, 1.82) is 0 Å². The molecule has 0 bridgehead atoms. The summed E-state index contributed by atoms with van der Waals surface area (Å²) in [4.78, 5) is 12.1. The topological polar surface area (TPSA) is 55.1 Å². The number of hydrogen-bond acceptors (Lipinski definition) is 2. The standard InChI is InChI=1S/C13H16BrFN2O/c14-11-6-9(15)4-5-12(11)17-13(18)10-3-1-2-8(10)7-16/h4-6,8,10H,1-3,7,16H2,(H,17,18). The van der Waals surface area contributed by atoms with Crippen molar-refractivity contribution in [3.05, 3.63) is 28.5 Å². The van der Waals surface area contributed by atoms with E-state index in [0.29, 0.717) is 16.7 Å². The summed E-state index contributed by atoms with van der Waals surface area (Å²) in [5.41, 5.74) is 6.27. The average molecular weight is 315 g/mol. The summed E-state index contributed by atoms with van der Waals surface area (Å²) >= 11 is 3.24. The fourth-order valence-corrected chi connectivity index (χ4v) is 2.93. The Kier molecular flexibility index (Phi) is 4.35. The van der Waals surface area contributed by atoms with E-state index in [-0.39, 0.29) is 23.6 Å². The molecule has 1 amide bonds. The summed E-state index contributed by atoms with van der Waals surface area (Å²) in [6.07, 6.45) is 2.94. The molecule has 18 heavy (non-hydrogen) atoms. The van der Waals surface area contributed by atoms with Crippen LogP contribution < -0.4 is 11.1 Å². The average Bonchev–Trinajstić information content (AvgIpc) is 2.81. The molecule has 0 aliphatic heterocycles. The van der Waals surface area contributed by atoms with Crippen molar-refractivity contribution in [2.24, 2.45) is 17.6 Å². The molecule has 3 nitrogen and oxygen atoms in total. The number of anilines is 1. The van der Waals surface area contributed by atoms with E-state index in [1.807, 2.05) is 0 Å². The van der Waals surface area contributed by atoms with Gasteiger partial charge in [-0.1, -0.05) is 6.42 Å². The summed E-state index contributed by atoms with van der Waals surface area (Å²) in [6, 6.07) is 4.23. The number of benzene rings is 1. The van der Waals surface area contributed by atoms with Crippen LogP contribution in [0.3, 0.4) is 0 Å². The highest BCUT2D eigenvalue weighted by Gasteiger charge is 2.32. The molecule has 1 fully saturated rings. The lowest BCUT2D eigenvalue weighted by Gasteiger charge is -2.17. The van der Waals surface area contributed by atoms with Gasteiger partial charge in [-0.15, -0.1) is 0 Å². The van der Waals surface area contributed by atoms with Gasteiger partial charge in [0.25, 0.3) is 0 Å². The van der Waals surface area contributed by atoms with Gasteiger partial charge in [0.1, 0.15) is 5.82 Å². The van der Waals surface area contributed by atoms with E-state index in [2.05, 4.69) is 21.2 Å². The van der Waals surface area contributed by atoms with Crippen LogP contribution in [-0.4, -0.2) is 12.5 Å². The van der Waals surface area contributed by atoms with Crippen molar-refractivity contribution in [2.75, 3.05) is 11.9 Å². The number of amides is 1. The third-order valence-corrected chi connectivity index (χ3v) is 4.14. The first-order valence-corrected chi connectivity index (χ1v) is 6.87. The summed E-state index contributed by atoms with van der Waals surface area (Å²) in [5.74, 6) is -0.105.